The molecule has 5 nitrogen and oxygen atoms in total. The van der Waals surface area contributed by atoms with Gasteiger partial charge in [-0.15, -0.1) is 0 Å². The molecular formula is C16H18N4O. The minimum atomic E-state index is -0.458. The lowest BCUT2D eigenvalue weighted by atomic mass is 9.95. The monoisotopic (exact) mass is 282 g/mol. The third kappa shape index (κ3) is 4.67. The molecule has 0 unspecified atom stereocenters. The third-order valence-electron chi connectivity index (χ3n) is 2.78. The lowest BCUT2D eigenvalue weighted by molar-refractivity contribution is -0.123. The summed E-state index contributed by atoms with van der Waals surface area (Å²) < 4.78 is 0. The highest BCUT2D eigenvalue weighted by atomic mass is 16.2. The summed E-state index contributed by atoms with van der Waals surface area (Å²) in [5.74, 6) is -0.0533. The van der Waals surface area contributed by atoms with Gasteiger partial charge in [-0.1, -0.05) is 20.8 Å². The van der Waals surface area contributed by atoms with Crippen molar-refractivity contribution in [3.63, 3.8) is 0 Å². The van der Waals surface area contributed by atoms with Crippen LogP contribution in [0.4, 0.5) is 11.4 Å². The first kappa shape index (κ1) is 16.3. The van der Waals surface area contributed by atoms with Gasteiger partial charge in [0.1, 0.15) is 17.7 Å². The molecule has 0 fully saturated rings. The number of rotatable bonds is 3. The smallest absolute Gasteiger partial charge is 0.229 e. The molecule has 1 aromatic carbocycles. The van der Waals surface area contributed by atoms with E-state index in [9.17, 15) is 4.79 Å². The predicted octanol–water partition coefficient (Wildman–Crippen LogP) is 3.32. The van der Waals surface area contributed by atoms with Crippen LogP contribution in [0.5, 0.6) is 0 Å². The molecule has 0 spiro atoms. The lowest BCUT2D eigenvalue weighted by Crippen LogP contribution is -2.27. The van der Waals surface area contributed by atoms with Crippen LogP contribution in [-0.2, 0) is 4.79 Å². The van der Waals surface area contributed by atoms with Gasteiger partial charge in [-0.2, -0.15) is 10.5 Å². The number of hydrogen-bond acceptors (Lipinski definition) is 4. The highest BCUT2D eigenvalue weighted by Gasteiger charge is 2.21. The Morgan fingerprint density at radius 1 is 1.24 bits per heavy atom. The Morgan fingerprint density at radius 3 is 2.33 bits per heavy atom. The van der Waals surface area contributed by atoms with E-state index in [1.165, 1.54) is 6.20 Å². The Morgan fingerprint density at radius 2 is 1.86 bits per heavy atom. The Kier molecular flexibility index (Phi) is 5.10. The summed E-state index contributed by atoms with van der Waals surface area (Å²) in [6.45, 7) is 7.43. The predicted molar refractivity (Wildman–Crippen MR) is 82.2 cm³/mol. The molecular weight excluding hydrogens is 264 g/mol. The standard InChI is InChI=1S/C16H18N4O/c1-11-7-13(19-10-12(8-17)9-18)5-6-14(11)20-15(21)16(2,3)4/h5-7,10,19H,1-4H3,(H,20,21). The third-order valence-corrected chi connectivity index (χ3v) is 2.78. The first-order valence-corrected chi connectivity index (χ1v) is 6.47. The van der Waals surface area contributed by atoms with Crippen LogP contribution in [0.25, 0.3) is 0 Å². The van der Waals surface area contributed by atoms with Gasteiger partial charge in [0.25, 0.3) is 0 Å². The average Bonchev–Trinajstić information content (AvgIpc) is 2.41. The Balaban J connectivity index is 2.88. The van der Waals surface area contributed by atoms with E-state index in [1.54, 1.807) is 24.3 Å². The number of carbonyl (C=O) groups excluding carboxylic acids is 1. The SMILES string of the molecule is Cc1cc(NC=C(C#N)C#N)ccc1NC(=O)C(C)(C)C. The molecule has 1 aromatic rings. The van der Waals surface area contributed by atoms with Gasteiger partial charge in [0.05, 0.1) is 0 Å². The van der Waals surface area contributed by atoms with E-state index in [4.69, 9.17) is 10.5 Å². The van der Waals surface area contributed by atoms with Crippen molar-refractivity contribution in [2.45, 2.75) is 27.7 Å². The van der Waals surface area contributed by atoms with Crippen LogP contribution in [0.15, 0.2) is 30.0 Å². The van der Waals surface area contributed by atoms with E-state index in [1.807, 2.05) is 33.8 Å². The summed E-state index contributed by atoms with van der Waals surface area (Å²) in [5.41, 5.74) is 1.91. The maximum absolute atomic E-state index is 12.0. The van der Waals surface area contributed by atoms with Crippen molar-refractivity contribution < 1.29 is 4.79 Å². The topological polar surface area (TPSA) is 88.7 Å². The first-order valence-electron chi connectivity index (χ1n) is 6.47. The summed E-state index contributed by atoms with van der Waals surface area (Å²) >= 11 is 0. The Hall–Kier alpha value is -2.79. The zero-order valence-corrected chi connectivity index (χ0v) is 12.6. The van der Waals surface area contributed by atoms with Crippen molar-refractivity contribution in [3.05, 3.63) is 35.5 Å². The number of amides is 1. The van der Waals surface area contributed by atoms with Crippen LogP contribution in [-0.4, -0.2) is 5.91 Å². The molecule has 0 saturated carbocycles. The highest BCUT2D eigenvalue weighted by Crippen LogP contribution is 2.23. The van der Waals surface area contributed by atoms with Crippen LogP contribution in [0, 0.1) is 35.0 Å². The lowest BCUT2D eigenvalue weighted by Gasteiger charge is -2.19. The summed E-state index contributed by atoms with van der Waals surface area (Å²) in [6.07, 6.45) is 1.35. The second kappa shape index (κ2) is 6.58. The van der Waals surface area contributed by atoms with Crippen molar-refractivity contribution in [1.29, 1.82) is 10.5 Å². The molecule has 1 amide bonds. The molecule has 0 heterocycles. The number of anilines is 2. The molecule has 1 rings (SSSR count). The van der Waals surface area contributed by atoms with E-state index in [0.29, 0.717) is 0 Å². The largest absolute Gasteiger partial charge is 0.360 e. The van der Waals surface area contributed by atoms with E-state index in [0.717, 1.165) is 16.9 Å². The van der Waals surface area contributed by atoms with Crippen LogP contribution >= 0.6 is 0 Å². The van der Waals surface area contributed by atoms with Crippen LogP contribution in [0.3, 0.4) is 0 Å². The number of nitriles is 2. The van der Waals surface area contributed by atoms with Gasteiger partial charge in [0.2, 0.25) is 5.91 Å². The fourth-order valence-corrected chi connectivity index (χ4v) is 1.45. The molecule has 5 heteroatoms. The second-order valence-electron chi connectivity index (χ2n) is 5.66. The van der Waals surface area contributed by atoms with Gasteiger partial charge >= 0.3 is 0 Å². The molecule has 0 aliphatic rings. The molecule has 0 atom stereocenters. The second-order valence-corrected chi connectivity index (χ2v) is 5.66. The fraction of sp³-hybridized carbons (Fsp3) is 0.312. The molecule has 0 saturated heterocycles. The highest BCUT2D eigenvalue weighted by molar-refractivity contribution is 5.95. The minimum Gasteiger partial charge on any atom is -0.360 e. The van der Waals surface area contributed by atoms with E-state index in [2.05, 4.69) is 10.6 Å². The fourth-order valence-electron chi connectivity index (χ4n) is 1.45. The normalized spacial score (nSPS) is 10.0. The van der Waals surface area contributed by atoms with Crippen LogP contribution in [0.1, 0.15) is 26.3 Å². The van der Waals surface area contributed by atoms with Crippen molar-refractivity contribution in [3.8, 4) is 12.1 Å². The molecule has 0 radical (unpaired) electrons. The number of nitrogens with one attached hydrogen (secondary N) is 2. The molecule has 0 bridgehead atoms. The van der Waals surface area contributed by atoms with Gasteiger partial charge in [-0.25, -0.2) is 0 Å². The number of carbonyl (C=O) groups is 1. The summed E-state index contributed by atoms with van der Waals surface area (Å²) in [5, 5.41) is 23.1. The van der Waals surface area contributed by atoms with Gasteiger partial charge in [-0.3, -0.25) is 4.79 Å². The zero-order chi connectivity index (χ0) is 16.0. The quantitative estimate of drug-likeness (QED) is 0.832. The summed E-state index contributed by atoms with van der Waals surface area (Å²) in [6, 6.07) is 8.93. The van der Waals surface area contributed by atoms with Crippen LogP contribution in [0.2, 0.25) is 0 Å². The summed E-state index contributed by atoms with van der Waals surface area (Å²) in [4.78, 5) is 12.0. The molecule has 108 valence electrons. The Labute approximate surface area is 124 Å². The van der Waals surface area contributed by atoms with E-state index < -0.39 is 5.41 Å². The maximum Gasteiger partial charge on any atom is 0.229 e. The van der Waals surface area contributed by atoms with Gasteiger partial charge in [0.15, 0.2) is 0 Å². The zero-order valence-electron chi connectivity index (χ0n) is 12.6. The van der Waals surface area contributed by atoms with Crippen molar-refractivity contribution in [2.75, 3.05) is 10.6 Å². The van der Waals surface area contributed by atoms with E-state index >= 15 is 0 Å². The van der Waals surface area contributed by atoms with Crippen molar-refractivity contribution in [2.24, 2.45) is 5.41 Å². The molecule has 0 aliphatic carbocycles. The molecule has 2 N–H and O–H groups in total. The number of hydrogen-bond donors (Lipinski definition) is 2. The van der Waals surface area contributed by atoms with Crippen molar-refractivity contribution in [1.82, 2.24) is 0 Å². The van der Waals surface area contributed by atoms with Gasteiger partial charge in [0, 0.05) is 23.0 Å². The van der Waals surface area contributed by atoms with E-state index in [-0.39, 0.29) is 11.5 Å². The van der Waals surface area contributed by atoms with Crippen LogP contribution < -0.4 is 10.6 Å². The Bertz CT molecular complexity index is 638. The molecule has 0 aliphatic heterocycles. The summed E-state index contributed by atoms with van der Waals surface area (Å²) in [7, 11) is 0. The van der Waals surface area contributed by atoms with Gasteiger partial charge < -0.3 is 10.6 Å². The van der Waals surface area contributed by atoms with Crippen molar-refractivity contribution >= 4 is 17.3 Å². The average molecular weight is 282 g/mol. The molecule has 0 aromatic heterocycles. The number of benzene rings is 1. The molecule has 21 heavy (non-hydrogen) atoms. The minimum absolute atomic E-state index is 0.00207. The number of allylic oxidation sites excluding steroid dienone is 1. The number of aryl methyl sites for hydroxylation is 1. The van der Waals surface area contributed by atoms with Gasteiger partial charge in [-0.05, 0) is 30.7 Å². The first-order chi connectivity index (χ1) is 9.77. The number of nitrogens with zero attached hydrogens (tertiary/aromatic N) is 2. The maximum atomic E-state index is 12.0.